The number of phenolic OH excluding ortho intramolecular Hbond substituents is 1. The lowest BCUT2D eigenvalue weighted by Gasteiger charge is -1.95. The average Bonchev–Trinajstić information content (AvgIpc) is 2.33. The molecule has 5 heteroatoms. The Morgan fingerprint density at radius 2 is 1.63 bits per heavy atom. The third-order valence-electron chi connectivity index (χ3n) is 2.07. The lowest BCUT2D eigenvalue weighted by Crippen LogP contribution is -1.99. The Morgan fingerprint density at radius 1 is 1.00 bits per heavy atom. The zero-order chi connectivity index (χ0) is 14.3. The molecule has 0 heterocycles. The third kappa shape index (κ3) is 6.70. The number of carboxylic acid groups (broad SMARTS) is 1. The summed E-state index contributed by atoms with van der Waals surface area (Å²) in [4.78, 5) is 10.2. The maximum absolute atomic E-state index is 10.2. The van der Waals surface area contributed by atoms with Gasteiger partial charge in [-0.05, 0) is 42.0 Å². The van der Waals surface area contributed by atoms with Gasteiger partial charge in [-0.3, -0.25) is 4.79 Å². The summed E-state index contributed by atoms with van der Waals surface area (Å²) in [7, 11) is 0. The Morgan fingerprint density at radius 3 is 2.11 bits per heavy atom. The molecule has 2 rings (SSSR count). The van der Waals surface area contributed by atoms with Crippen LogP contribution in [0.25, 0.3) is 0 Å². The zero-order valence-electron chi connectivity index (χ0n) is 9.88. The number of hydrogen-bond acceptors (Lipinski definition) is 2. The van der Waals surface area contributed by atoms with Crippen molar-refractivity contribution < 1.29 is 15.0 Å². The number of halogens is 2. The zero-order valence-corrected chi connectivity index (χ0v) is 11.4. The van der Waals surface area contributed by atoms with Gasteiger partial charge in [0.25, 0.3) is 0 Å². The Labute approximate surface area is 121 Å². The van der Waals surface area contributed by atoms with E-state index in [1.54, 1.807) is 48.5 Å². The number of carboxylic acids is 1. The number of phenols is 1. The summed E-state index contributed by atoms with van der Waals surface area (Å²) in [6.07, 6.45) is 0.0283. The maximum Gasteiger partial charge on any atom is 0.307 e. The van der Waals surface area contributed by atoms with E-state index in [4.69, 9.17) is 33.4 Å². The Hall–Kier alpha value is -1.71. The standard InChI is InChI=1S/C8H7ClO2.C6H5ClO/c9-7-3-1-2-6(4-7)5-8(10)11;7-5-1-3-6(8)4-2-5/h1-4H,5H2,(H,10,11);1-4,8H. The Balaban J connectivity index is 0.000000200. The molecule has 0 aliphatic carbocycles. The van der Waals surface area contributed by atoms with Crippen molar-refractivity contribution in [3.05, 3.63) is 64.1 Å². The van der Waals surface area contributed by atoms with E-state index < -0.39 is 5.97 Å². The van der Waals surface area contributed by atoms with Gasteiger partial charge in [0.05, 0.1) is 6.42 Å². The first kappa shape index (κ1) is 15.3. The summed E-state index contributed by atoms with van der Waals surface area (Å²) in [6, 6.07) is 13.2. The Kier molecular flexibility index (Phi) is 6.19. The van der Waals surface area contributed by atoms with Gasteiger partial charge in [0.15, 0.2) is 0 Å². The van der Waals surface area contributed by atoms with Crippen molar-refractivity contribution in [3.63, 3.8) is 0 Å². The van der Waals surface area contributed by atoms with Crippen molar-refractivity contribution in [1.29, 1.82) is 0 Å². The van der Waals surface area contributed by atoms with Crippen LogP contribution < -0.4 is 0 Å². The largest absolute Gasteiger partial charge is 0.508 e. The van der Waals surface area contributed by atoms with Crippen LogP contribution in [0.4, 0.5) is 0 Å². The summed E-state index contributed by atoms with van der Waals surface area (Å²) in [5.74, 6) is -0.596. The smallest absolute Gasteiger partial charge is 0.307 e. The van der Waals surface area contributed by atoms with E-state index >= 15 is 0 Å². The number of carbonyl (C=O) groups is 1. The normalized spacial score (nSPS) is 9.37. The van der Waals surface area contributed by atoms with Crippen LogP contribution in [0.3, 0.4) is 0 Å². The quantitative estimate of drug-likeness (QED) is 0.880. The second-order valence-corrected chi connectivity index (χ2v) is 4.55. The van der Waals surface area contributed by atoms with Gasteiger partial charge in [-0.15, -0.1) is 0 Å². The third-order valence-corrected chi connectivity index (χ3v) is 2.56. The molecule has 0 spiro atoms. The SMILES string of the molecule is O=C(O)Cc1cccc(Cl)c1.Oc1ccc(Cl)cc1. The second kappa shape index (κ2) is 7.67. The van der Waals surface area contributed by atoms with Crippen molar-refractivity contribution in [2.45, 2.75) is 6.42 Å². The van der Waals surface area contributed by atoms with Crippen LogP contribution in [0, 0.1) is 0 Å². The molecule has 0 bridgehead atoms. The monoisotopic (exact) mass is 298 g/mol. The molecular weight excluding hydrogens is 287 g/mol. The van der Waals surface area contributed by atoms with E-state index in [0.29, 0.717) is 10.0 Å². The van der Waals surface area contributed by atoms with Crippen molar-refractivity contribution >= 4 is 29.2 Å². The van der Waals surface area contributed by atoms with Crippen LogP contribution in [0.5, 0.6) is 5.75 Å². The molecule has 2 N–H and O–H groups in total. The molecule has 0 saturated heterocycles. The van der Waals surface area contributed by atoms with Crippen molar-refractivity contribution in [1.82, 2.24) is 0 Å². The molecule has 0 saturated carbocycles. The molecule has 2 aromatic rings. The molecule has 2 aromatic carbocycles. The van der Waals surface area contributed by atoms with E-state index in [-0.39, 0.29) is 12.2 Å². The number of benzene rings is 2. The molecule has 0 aliphatic heterocycles. The van der Waals surface area contributed by atoms with E-state index in [1.165, 1.54) is 0 Å². The van der Waals surface area contributed by atoms with E-state index in [2.05, 4.69) is 0 Å². The molecule has 3 nitrogen and oxygen atoms in total. The van der Waals surface area contributed by atoms with Gasteiger partial charge in [-0.25, -0.2) is 0 Å². The summed E-state index contributed by atoms with van der Waals surface area (Å²) in [6.45, 7) is 0. The van der Waals surface area contributed by atoms with Crippen LogP contribution >= 0.6 is 23.2 Å². The maximum atomic E-state index is 10.2. The van der Waals surface area contributed by atoms with Gasteiger partial charge < -0.3 is 10.2 Å². The van der Waals surface area contributed by atoms with Gasteiger partial charge in [0.1, 0.15) is 5.75 Å². The van der Waals surface area contributed by atoms with Crippen LogP contribution in [0.1, 0.15) is 5.56 Å². The fourth-order valence-corrected chi connectivity index (χ4v) is 1.60. The van der Waals surface area contributed by atoms with Crippen LogP contribution in [-0.4, -0.2) is 16.2 Å². The molecule has 0 radical (unpaired) electrons. The minimum atomic E-state index is -0.840. The molecule has 0 unspecified atom stereocenters. The highest BCUT2D eigenvalue weighted by Crippen LogP contribution is 2.13. The first-order chi connectivity index (χ1) is 8.97. The lowest BCUT2D eigenvalue weighted by molar-refractivity contribution is -0.136. The summed E-state index contributed by atoms with van der Waals surface area (Å²) in [5.41, 5.74) is 0.727. The van der Waals surface area contributed by atoms with E-state index in [0.717, 1.165) is 5.56 Å². The number of hydrogen-bond donors (Lipinski definition) is 2. The molecular formula is C14H12Cl2O3. The summed E-state index contributed by atoms with van der Waals surface area (Å²) < 4.78 is 0. The van der Waals surface area contributed by atoms with Crippen LogP contribution in [0.2, 0.25) is 10.0 Å². The van der Waals surface area contributed by atoms with Gasteiger partial charge in [0.2, 0.25) is 0 Å². The summed E-state index contributed by atoms with van der Waals surface area (Å²) in [5, 5.41) is 18.3. The fraction of sp³-hybridized carbons (Fsp3) is 0.0714. The van der Waals surface area contributed by atoms with Crippen molar-refractivity contribution in [2.24, 2.45) is 0 Å². The molecule has 0 atom stereocenters. The molecule has 0 aromatic heterocycles. The van der Waals surface area contributed by atoms with Crippen LogP contribution in [-0.2, 0) is 11.2 Å². The topological polar surface area (TPSA) is 57.5 Å². The van der Waals surface area contributed by atoms with Gasteiger partial charge in [-0.2, -0.15) is 0 Å². The lowest BCUT2D eigenvalue weighted by atomic mass is 10.2. The van der Waals surface area contributed by atoms with Crippen molar-refractivity contribution in [3.8, 4) is 5.75 Å². The second-order valence-electron chi connectivity index (χ2n) is 3.68. The highest BCUT2D eigenvalue weighted by Gasteiger charge is 1.99. The average molecular weight is 299 g/mol. The fourth-order valence-electron chi connectivity index (χ4n) is 1.26. The number of aliphatic carboxylic acids is 1. The minimum absolute atomic E-state index is 0.0283. The molecule has 0 amide bonds. The minimum Gasteiger partial charge on any atom is -0.508 e. The highest BCUT2D eigenvalue weighted by molar-refractivity contribution is 6.30. The number of aromatic hydroxyl groups is 1. The van der Waals surface area contributed by atoms with Gasteiger partial charge >= 0.3 is 5.97 Å². The van der Waals surface area contributed by atoms with Crippen molar-refractivity contribution in [2.75, 3.05) is 0 Å². The predicted molar refractivity (Wildman–Crippen MR) is 75.9 cm³/mol. The molecule has 0 aliphatic rings. The molecule has 0 fully saturated rings. The Bertz CT molecular complexity index is 518. The van der Waals surface area contributed by atoms with E-state index in [1.807, 2.05) is 0 Å². The predicted octanol–water partition coefficient (Wildman–Crippen LogP) is 4.01. The molecule has 100 valence electrons. The first-order valence-electron chi connectivity index (χ1n) is 5.38. The first-order valence-corrected chi connectivity index (χ1v) is 6.14. The number of rotatable bonds is 2. The summed E-state index contributed by atoms with van der Waals surface area (Å²) >= 11 is 11.1. The highest BCUT2D eigenvalue weighted by atomic mass is 35.5. The van der Waals surface area contributed by atoms with E-state index in [9.17, 15) is 4.79 Å². The van der Waals surface area contributed by atoms with Gasteiger partial charge in [0, 0.05) is 10.0 Å². The van der Waals surface area contributed by atoms with Gasteiger partial charge in [-0.1, -0.05) is 35.3 Å². The van der Waals surface area contributed by atoms with Crippen LogP contribution in [0.15, 0.2) is 48.5 Å². The molecule has 19 heavy (non-hydrogen) atoms.